The maximum absolute atomic E-state index is 12.7. The number of hydrogen-bond acceptors (Lipinski definition) is 4. The molecule has 1 amide bonds. The first-order chi connectivity index (χ1) is 9.83. The normalized spacial score (nSPS) is 33.0. The average molecular weight is 307 g/mol. The van der Waals surface area contributed by atoms with Crippen molar-refractivity contribution in [2.45, 2.75) is 45.6 Å². The van der Waals surface area contributed by atoms with Gasteiger partial charge in [-0.15, -0.1) is 11.3 Å². The highest BCUT2D eigenvalue weighted by molar-refractivity contribution is 7.09. The number of carbonyl (C=O) groups excluding carboxylic acids is 2. The van der Waals surface area contributed by atoms with Crippen molar-refractivity contribution in [1.29, 1.82) is 0 Å². The fourth-order valence-electron chi connectivity index (χ4n) is 3.64. The zero-order chi connectivity index (χ0) is 15.3. The van der Waals surface area contributed by atoms with E-state index in [2.05, 4.69) is 11.4 Å². The minimum atomic E-state index is -0.992. The fourth-order valence-corrected chi connectivity index (χ4v) is 4.35. The molecule has 0 aromatic carbocycles. The van der Waals surface area contributed by atoms with Crippen molar-refractivity contribution in [3.8, 4) is 0 Å². The Balaban J connectivity index is 1.71. The van der Waals surface area contributed by atoms with Gasteiger partial charge in [-0.3, -0.25) is 9.59 Å². The summed E-state index contributed by atoms with van der Waals surface area (Å²) >= 11 is 1.68. The van der Waals surface area contributed by atoms with Gasteiger partial charge in [-0.25, -0.2) is 0 Å². The molecule has 2 unspecified atom stereocenters. The smallest absolute Gasteiger partial charge is 0.313 e. The lowest BCUT2D eigenvalue weighted by atomic mass is 9.66. The molecule has 21 heavy (non-hydrogen) atoms. The molecule has 2 atom stereocenters. The van der Waals surface area contributed by atoms with Crippen LogP contribution in [0.4, 0.5) is 0 Å². The van der Waals surface area contributed by atoms with Crippen LogP contribution in [0.2, 0.25) is 0 Å². The summed E-state index contributed by atoms with van der Waals surface area (Å²) in [5.74, 6) is -0.370. The summed E-state index contributed by atoms with van der Waals surface area (Å²) in [6, 6.07) is 4.06. The van der Waals surface area contributed by atoms with Gasteiger partial charge in [0, 0.05) is 16.8 Å². The lowest BCUT2D eigenvalue weighted by molar-refractivity contribution is -0.168. The van der Waals surface area contributed by atoms with Crippen molar-refractivity contribution >= 4 is 23.2 Å². The summed E-state index contributed by atoms with van der Waals surface area (Å²) in [7, 11) is 0. The summed E-state index contributed by atoms with van der Waals surface area (Å²) in [6.07, 6.45) is 2.15. The van der Waals surface area contributed by atoms with Crippen molar-refractivity contribution in [3.63, 3.8) is 0 Å². The van der Waals surface area contributed by atoms with E-state index in [4.69, 9.17) is 4.74 Å². The Morgan fingerprint density at radius 3 is 2.67 bits per heavy atom. The van der Waals surface area contributed by atoms with Crippen molar-refractivity contribution in [3.05, 3.63) is 22.4 Å². The number of hydrogen-bond donors (Lipinski definition) is 1. The van der Waals surface area contributed by atoms with Crippen LogP contribution in [0, 0.1) is 10.8 Å². The molecule has 1 aromatic heterocycles. The molecular weight excluding hydrogens is 286 g/mol. The number of carbonyl (C=O) groups is 2. The second-order valence-corrected chi connectivity index (χ2v) is 7.79. The third kappa shape index (κ3) is 1.79. The van der Waals surface area contributed by atoms with E-state index >= 15 is 0 Å². The molecule has 5 heteroatoms. The minimum absolute atomic E-state index is 0.140. The largest absolute Gasteiger partial charge is 0.448 e. The second-order valence-electron chi connectivity index (χ2n) is 6.76. The Morgan fingerprint density at radius 1 is 1.38 bits per heavy atom. The molecule has 2 bridgehead atoms. The van der Waals surface area contributed by atoms with E-state index < -0.39 is 16.4 Å². The van der Waals surface area contributed by atoms with E-state index in [0.29, 0.717) is 13.0 Å². The molecule has 2 fully saturated rings. The first-order valence-corrected chi connectivity index (χ1v) is 8.26. The van der Waals surface area contributed by atoms with E-state index in [1.54, 1.807) is 11.3 Å². The van der Waals surface area contributed by atoms with E-state index in [0.717, 1.165) is 12.8 Å². The number of thiophene rings is 1. The molecule has 2 aliphatic rings. The molecule has 4 nitrogen and oxygen atoms in total. The predicted octanol–water partition coefficient (Wildman–Crippen LogP) is 2.53. The van der Waals surface area contributed by atoms with Gasteiger partial charge >= 0.3 is 5.97 Å². The molecule has 1 saturated carbocycles. The number of nitrogens with one attached hydrogen (secondary N) is 1. The summed E-state index contributed by atoms with van der Waals surface area (Å²) in [5, 5.41) is 4.99. The zero-order valence-electron chi connectivity index (χ0n) is 12.7. The van der Waals surface area contributed by atoms with Gasteiger partial charge in [0.05, 0.1) is 5.41 Å². The molecule has 1 aliphatic carbocycles. The molecule has 3 rings (SSSR count). The fraction of sp³-hybridized carbons (Fsp3) is 0.625. The molecule has 1 aromatic rings. The van der Waals surface area contributed by atoms with Crippen LogP contribution in [0.3, 0.4) is 0 Å². The Kier molecular flexibility index (Phi) is 3.17. The average Bonchev–Trinajstić information content (AvgIpc) is 3.04. The van der Waals surface area contributed by atoms with Crippen molar-refractivity contribution in [2.24, 2.45) is 10.8 Å². The number of ether oxygens (including phenoxy) is 1. The van der Waals surface area contributed by atoms with E-state index in [1.807, 2.05) is 32.2 Å². The highest BCUT2D eigenvalue weighted by Gasteiger charge is 2.75. The van der Waals surface area contributed by atoms with Gasteiger partial charge in [-0.05, 0) is 37.6 Å². The summed E-state index contributed by atoms with van der Waals surface area (Å²) < 4.78 is 5.57. The van der Waals surface area contributed by atoms with Gasteiger partial charge in [0.25, 0.3) is 5.91 Å². The van der Waals surface area contributed by atoms with Gasteiger partial charge in [-0.2, -0.15) is 0 Å². The van der Waals surface area contributed by atoms with Crippen LogP contribution in [0.15, 0.2) is 17.5 Å². The van der Waals surface area contributed by atoms with Crippen LogP contribution in [0.1, 0.15) is 38.5 Å². The van der Waals surface area contributed by atoms with Gasteiger partial charge in [0.1, 0.15) is 0 Å². The first kappa shape index (κ1) is 14.6. The van der Waals surface area contributed by atoms with Crippen molar-refractivity contribution < 1.29 is 14.3 Å². The quantitative estimate of drug-likeness (QED) is 0.870. The van der Waals surface area contributed by atoms with Gasteiger partial charge in [0.2, 0.25) is 0 Å². The molecule has 0 radical (unpaired) electrons. The number of esters is 1. The Hall–Kier alpha value is -1.36. The SMILES string of the molecule is CC12CCC(C(=O)NCCc3cccs3)(OC1=O)C2(C)C. The Morgan fingerprint density at radius 2 is 2.14 bits per heavy atom. The lowest BCUT2D eigenvalue weighted by Gasteiger charge is -2.35. The van der Waals surface area contributed by atoms with Crippen LogP contribution in [-0.4, -0.2) is 24.0 Å². The standard InChI is InChI=1S/C16H21NO3S/c1-14(2)15(3)7-8-16(14,20-13(15)19)12(18)17-9-6-11-5-4-10-21-11/h4-5,10H,6-9H2,1-3H3,(H,17,18). The maximum Gasteiger partial charge on any atom is 0.313 e. The monoisotopic (exact) mass is 307 g/mol. The first-order valence-electron chi connectivity index (χ1n) is 7.38. The predicted molar refractivity (Wildman–Crippen MR) is 81.0 cm³/mol. The second kappa shape index (κ2) is 4.57. The topological polar surface area (TPSA) is 55.4 Å². The molecule has 1 aliphatic heterocycles. The minimum Gasteiger partial charge on any atom is -0.448 e. The zero-order valence-corrected chi connectivity index (χ0v) is 13.5. The number of fused-ring (bicyclic) bond motifs is 2. The van der Waals surface area contributed by atoms with Gasteiger partial charge < -0.3 is 10.1 Å². The molecule has 1 saturated heterocycles. The van der Waals surface area contributed by atoms with Crippen LogP contribution in [0.5, 0.6) is 0 Å². The van der Waals surface area contributed by atoms with E-state index in [1.165, 1.54) is 4.88 Å². The van der Waals surface area contributed by atoms with E-state index in [-0.39, 0.29) is 11.9 Å². The van der Waals surface area contributed by atoms with Crippen LogP contribution in [0.25, 0.3) is 0 Å². The van der Waals surface area contributed by atoms with Crippen molar-refractivity contribution in [2.75, 3.05) is 6.54 Å². The molecule has 2 heterocycles. The Bertz CT molecular complexity index is 580. The van der Waals surface area contributed by atoms with Crippen LogP contribution in [-0.2, 0) is 20.7 Å². The molecule has 114 valence electrons. The summed E-state index contributed by atoms with van der Waals surface area (Å²) in [6.45, 7) is 6.45. The van der Waals surface area contributed by atoms with Crippen LogP contribution < -0.4 is 5.32 Å². The number of amides is 1. The Labute approximate surface area is 128 Å². The lowest BCUT2D eigenvalue weighted by Crippen LogP contribution is -2.53. The summed E-state index contributed by atoms with van der Waals surface area (Å²) in [5.41, 5.74) is -2.00. The van der Waals surface area contributed by atoms with Gasteiger partial charge in [0.15, 0.2) is 5.60 Å². The van der Waals surface area contributed by atoms with Crippen molar-refractivity contribution in [1.82, 2.24) is 5.32 Å². The number of rotatable bonds is 4. The highest BCUT2D eigenvalue weighted by atomic mass is 32.1. The molecule has 0 spiro atoms. The van der Waals surface area contributed by atoms with E-state index in [9.17, 15) is 9.59 Å². The molecular formula is C16H21NO3S. The third-order valence-corrected chi connectivity index (χ3v) is 6.62. The third-order valence-electron chi connectivity index (χ3n) is 5.69. The summed E-state index contributed by atoms with van der Waals surface area (Å²) in [4.78, 5) is 26.1. The maximum atomic E-state index is 12.7. The highest BCUT2D eigenvalue weighted by Crippen LogP contribution is 2.65. The van der Waals surface area contributed by atoms with Gasteiger partial charge in [-0.1, -0.05) is 19.9 Å². The molecule has 1 N–H and O–H groups in total. The van der Waals surface area contributed by atoms with Crippen LogP contribution >= 0.6 is 11.3 Å².